The molecule has 9 heteroatoms. The van der Waals surface area contributed by atoms with Gasteiger partial charge in [0.1, 0.15) is 6.10 Å². The SMILES string of the molecule is OCC(OC[C@]1(c2ccccc2)CC[C@H](O)CC1)c1cc(C(F)(F)F)cc(C(F)(F)F)c1. The minimum Gasteiger partial charge on any atom is -0.393 e. The van der Waals surface area contributed by atoms with Gasteiger partial charge in [-0.3, -0.25) is 0 Å². The molecule has 1 saturated carbocycles. The molecule has 0 aliphatic heterocycles. The first-order chi connectivity index (χ1) is 14.9. The Balaban J connectivity index is 1.91. The van der Waals surface area contributed by atoms with Crippen LogP contribution in [0.3, 0.4) is 0 Å². The highest BCUT2D eigenvalue weighted by Crippen LogP contribution is 2.42. The van der Waals surface area contributed by atoms with E-state index in [2.05, 4.69) is 0 Å². The summed E-state index contributed by atoms with van der Waals surface area (Å²) < 4.78 is 85.0. The van der Waals surface area contributed by atoms with Crippen LogP contribution in [-0.4, -0.2) is 29.5 Å². The van der Waals surface area contributed by atoms with Crippen molar-refractivity contribution in [2.75, 3.05) is 13.2 Å². The minimum absolute atomic E-state index is 0.0213. The fourth-order valence-electron chi connectivity index (χ4n) is 4.14. The van der Waals surface area contributed by atoms with Gasteiger partial charge in [-0.25, -0.2) is 0 Å². The molecule has 0 spiro atoms. The number of aliphatic hydroxyl groups excluding tert-OH is 2. The molecule has 3 nitrogen and oxygen atoms in total. The zero-order valence-electron chi connectivity index (χ0n) is 17.1. The molecule has 1 aliphatic carbocycles. The fourth-order valence-corrected chi connectivity index (χ4v) is 4.14. The Labute approximate surface area is 181 Å². The second-order valence-corrected chi connectivity index (χ2v) is 8.20. The van der Waals surface area contributed by atoms with E-state index in [4.69, 9.17) is 4.74 Å². The molecule has 2 N–H and O–H groups in total. The maximum absolute atomic E-state index is 13.2. The van der Waals surface area contributed by atoms with Crippen LogP contribution in [0, 0.1) is 0 Å². The number of ether oxygens (including phenoxy) is 1. The first-order valence-electron chi connectivity index (χ1n) is 10.2. The van der Waals surface area contributed by atoms with E-state index < -0.39 is 53.3 Å². The van der Waals surface area contributed by atoms with Crippen molar-refractivity contribution >= 4 is 0 Å². The zero-order valence-corrected chi connectivity index (χ0v) is 17.1. The van der Waals surface area contributed by atoms with Crippen LogP contribution in [0.5, 0.6) is 0 Å². The quantitative estimate of drug-likeness (QED) is 0.546. The molecular weight excluding hydrogens is 438 g/mol. The maximum atomic E-state index is 13.2. The first-order valence-corrected chi connectivity index (χ1v) is 10.2. The molecule has 1 aliphatic rings. The van der Waals surface area contributed by atoms with Crippen LogP contribution in [0.15, 0.2) is 48.5 Å². The monoisotopic (exact) mass is 462 g/mol. The highest BCUT2D eigenvalue weighted by molar-refractivity contribution is 5.35. The first kappa shape index (κ1) is 24.5. The number of rotatable bonds is 6. The Morgan fingerprint density at radius 2 is 1.44 bits per heavy atom. The Morgan fingerprint density at radius 3 is 1.91 bits per heavy atom. The molecule has 0 bridgehead atoms. The molecule has 32 heavy (non-hydrogen) atoms. The molecule has 0 saturated heterocycles. The van der Waals surface area contributed by atoms with Crippen molar-refractivity contribution in [3.63, 3.8) is 0 Å². The van der Waals surface area contributed by atoms with Crippen molar-refractivity contribution in [2.45, 2.75) is 55.7 Å². The normalized spacial score (nSPS) is 23.2. The van der Waals surface area contributed by atoms with Crippen molar-refractivity contribution in [3.8, 4) is 0 Å². The summed E-state index contributed by atoms with van der Waals surface area (Å²) in [5.74, 6) is 0. The van der Waals surface area contributed by atoms with Crippen molar-refractivity contribution in [3.05, 3.63) is 70.8 Å². The Hall–Kier alpha value is -2.10. The molecular formula is C23H24F6O3. The van der Waals surface area contributed by atoms with Gasteiger partial charge in [0, 0.05) is 5.41 Å². The molecule has 0 amide bonds. The summed E-state index contributed by atoms with van der Waals surface area (Å²) in [6, 6.07) is 10.4. The molecule has 1 atom stereocenters. The van der Waals surface area contributed by atoms with E-state index in [-0.39, 0.29) is 12.7 Å². The summed E-state index contributed by atoms with van der Waals surface area (Å²) in [6.45, 7) is -0.807. The fraction of sp³-hybridized carbons (Fsp3) is 0.478. The van der Waals surface area contributed by atoms with E-state index >= 15 is 0 Å². The van der Waals surface area contributed by atoms with E-state index in [1.54, 1.807) is 0 Å². The minimum atomic E-state index is -4.99. The van der Waals surface area contributed by atoms with Crippen LogP contribution in [-0.2, 0) is 22.5 Å². The van der Waals surface area contributed by atoms with Gasteiger partial charge in [0.25, 0.3) is 0 Å². The van der Waals surface area contributed by atoms with E-state index in [9.17, 15) is 36.6 Å². The van der Waals surface area contributed by atoms with E-state index in [1.165, 1.54) is 0 Å². The molecule has 1 unspecified atom stereocenters. The largest absolute Gasteiger partial charge is 0.416 e. The van der Waals surface area contributed by atoms with Gasteiger partial charge in [-0.05, 0) is 55.0 Å². The van der Waals surface area contributed by atoms with Crippen LogP contribution in [0.25, 0.3) is 0 Å². The van der Waals surface area contributed by atoms with Gasteiger partial charge in [-0.15, -0.1) is 0 Å². The molecule has 3 rings (SSSR count). The number of hydrogen-bond donors (Lipinski definition) is 2. The maximum Gasteiger partial charge on any atom is 0.416 e. The van der Waals surface area contributed by atoms with Crippen LogP contribution < -0.4 is 0 Å². The van der Waals surface area contributed by atoms with Gasteiger partial charge in [0.2, 0.25) is 0 Å². The molecule has 1 fully saturated rings. The highest BCUT2D eigenvalue weighted by Gasteiger charge is 2.39. The average molecular weight is 462 g/mol. The Bertz CT molecular complexity index is 855. The molecule has 2 aromatic rings. The number of alkyl halides is 6. The van der Waals surface area contributed by atoms with Gasteiger partial charge < -0.3 is 14.9 Å². The molecule has 0 aromatic heterocycles. The van der Waals surface area contributed by atoms with E-state index in [0.717, 1.165) is 5.56 Å². The summed E-state index contributed by atoms with van der Waals surface area (Å²) >= 11 is 0. The van der Waals surface area contributed by atoms with E-state index in [0.29, 0.717) is 37.8 Å². The lowest BCUT2D eigenvalue weighted by atomic mass is 9.69. The summed E-state index contributed by atoms with van der Waals surface area (Å²) in [4.78, 5) is 0. The number of benzene rings is 2. The van der Waals surface area contributed by atoms with Gasteiger partial charge in [0.05, 0.1) is 30.4 Å². The Kier molecular flexibility index (Phi) is 7.21. The molecule has 176 valence electrons. The third-order valence-corrected chi connectivity index (χ3v) is 6.01. The van der Waals surface area contributed by atoms with Crippen molar-refractivity contribution in [1.82, 2.24) is 0 Å². The van der Waals surface area contributed by atoms with Gasteiger partial charge in [-0.2, -0.15) is 26.3 Å². The number of hydrogen-bond acceptors (Lipinski definition) is 3. The summed E-state index contributed by atoms with van der Waals surface area (Å²) in [5, 5.41) is 19.7. The zero-order chi connectivity index (χ0) is 23.6. The number of aliphatic hydroxyl groups is 2. The highest BCUT2D eigenvalue weighted by atomic mass is 19.4. The van der Waals surface area contributed by atoms with E-state index in [1.807, 2.05) is 30.3 Å². The molecule has 0 radical (unpaired) electrons. The predicted molar refractivity (Wildman–Crippen MR) is 105 cm³/mol. The standard InChI is InChI=1S/C23H24F6O3/c24-22(25,26)17-10-15(11-18(12-17)23(27,28)29)20(13-30)32-14-21(8-6-19(31)7-9-21)16-4-2-1-3-5-16/h1-5,10-12,19-20,30-31H,6-9,13-14H2/t19-,20?,21-. The van der Waals surface area contributed by atoms with Gasteiger partial charge in [-0.1, -0.05) is 30.3 Å². The smallest absolute Gasteiger partial charge is 0.393 e. The topological polar surface area (TPSA) is 49.7 Å². The second-order valence-electron chi connectivity index (χ2n) is 8.20. The van der Waals surface area contributed by atoms with Gasteiger partial charge >= 0.3 is 12.4 Å². The summed E-state index contributed by atoms with van der Waals surface area (Å²) in [5.41, 5.74) is -2.97. The lowest BCUT2D eigenvalue weighted by Gasteiger charge is -2.40. The Morgan fingerprint density at radius 1 is 0.906 bits per heavy atom. The van der Waals surface area contributed by atoms with Crippen LogP contribution in [0.4, 0.5) is 26.3 Å². The number of halogens is 6. The molecule has 2 aromatic carbocycles. The van der Waals surface area contributed by atoms with Crippen molar-refractivity contribution in [1.29, 1.82) is 0 Å². The van der Waals surface area contributed by atoms with Gasteiger partial charge in [0.15, 0.2) is 0 Å². The summed E-state index contributed by atoms with van der Waals surface area (Å²) in [6.07, 6.45) is -9.77. The summed E-state index contributed by atoms with van der Waals surface area (Å²) in [7, 11) is 0. The van der Waals surface area contributed by atoms with Crippen LogP contribution in [0.2, 0.25) is 0 Å². The van der Waals surface area contributed by atoms with Crippen molar-refractivity contribution < 1.29 is 41.3 Å². The lowest BCUT2D eigenvalue weighted by molar-refractivity contribution is -0.143. The predicted octanol–water partition coefficient (Wildman–Crippen LogP) is 5.65. The lowest BCUT2D eigenvalue weighted by Crippen LogP contribution is -2.38. The third kappa shape index (κ3) is 5.63. The average Bonchev–Trinajstić information content (AvgIpc) is 2.75. The molecule has 0 heterocycles. The third-order valence-electron chi connectivity index (χ3n) is 6.01. The van der Waals surface area contributed by atoms with Crippen molar-refractivity contribution in [2.24, 2.45) is 0 Å². The second kappa shape index (κ2) is 9.41. The van der Waals surface area contributed by atoms with Crippen LogP contribution in [0.1, 0.15) is 54.0 Å². The van der Waals surface area contributed by atoms with Crippen LogP contribution >= 0.6 is 0 Å².